The van der Waals surface area contributed by atoms with Gasteiger partial charge in [0.2, 0.25) is 0 Å². The van der Waals surface area contributed by atoms with Crippen molar-refractivity contribution in [1.82, 2.24) is 0 Å². The van der Waals surface area contributed by atoms with E-state index in [9.17, 15) is 5.11 Å². The Morgan fingerprint density at radius 2 is 1.76 bits per heavy atom. The van der Waals surface area contributed by atoms with Gasteiger partial charge >= 0.3 is 0 Å². The predicted molar refractivity (Wildman–Crippen MR) is 84.8 cm³/mol. The molecule has 1 aromatic rings. The zero-order valence-electron chi connectivity index (χ0n) is 12.7. The average molecular weight is 288 g/mol. The van der Waals surface area contributed by atoms with Crippen molar-refractivity contribution in [3.63, 3.8) is 0 Å². The van der Waals surface area contributed by atoms with Crippen molar-refractivity contribution in [2.24, 2.45) is 17.8 Å². The van der Waals surface area contributed by atoms with Crippen LogP contribution in [0.5, 0.6) is 0 Å². The molecule has 0 radical (unpaired) electrons. The average Bonchev–Trinajstić information content (AvgIpc) is 2.51. The van der Waals surface area contributed by atoms with Crippen LogP contribution in [0.15, 0.2) is 48.6 Å². The molecule has 1 aliphatic carbocycles. The minimum Gasteiger partial charge on any atom is -0.392 e. The van der Waals surface area contributed by atoms with E-state index in [2.05, 4.69) is 36.4 Å². The number of hydrogen-bond acceptors (Lipinski definition) is 3. The molecule has 114 valence electrons. The minimum atomic E-state index is -0.449. The van der Waals surface area contributed by atoms with Gasteiger partial charge in [-0.1, -0.05) is 54.6 Å². The van der Waals surface area contributed by atoms with E-state index in [4.69, 9.17) is 9.47 Å². The first-order chi connectivity index (χ1) is 10.3. The number of methoxy groups -OCH3 is 2. The summed E-state index contributed by atoms with van der Waals surface area (Å²) < 4.78 is 10.5. The largest absolute Gasteiger partial charge is 0.392 e. The molecule has 3 heteroatoms. The number of benzene rings is 1. The molecule has 0 bridgehead atoms. The Bertz CT molecular complexity index is 467. The maximum absolute atomic E-state index is 10.6. The van der Waals surface area contributed by atoms with E-state index in [0.717, 1.165) is 5.56 Å². The molecule has 4 atom stereocenters. The first kappa shape index (κ1) is 16.0. The molecule has 0 aromatic heterocycles. The monoisotopic (exact) mass is 288 g/mol. The molecule has 0 unspecified atom stereocenters. The van der Waals surface area contributed by atoms with E-state index in [0.29, 0.717) is 13.2 Å². The molecule has 0 aliphatic heterocycles. The fourth-order valence-corrected chi connectivity index (χ4v) is 2.82. The maximum atomic E-state index is 10.6. The Labute approximate surface area is 126 Å². The van der Waals surface area contributed by atoms with Gasteiger partial charge in [-0.3, -0.25) is 0 Å². The van der Waals surface area contributed by atoms with Crippen molar-refractivity contribution < 1.29 is 14.6 Å². The van der Waals surface area contributed by atoms with Crippen molar-refractivity contribution >= 4 is 6.08 Å². The molecule has 0 fully saturated rings. The Kier molecular flexibility index (Phi) is 6.18. The molecule has 0 saturated heterocycles. The van der Waals surface area contributed by atoms with Gasteiger partial charge in [-0.2, -0.15) is 0 Å². The molecule has 0 heterocycles. The van der Waals surface area contributed by atoms with Crippen LogP contribution in [-0.4, -0.2) is 38.6 Å². The second-order valence-corrected chi connectivity index (χ2v) is 5.46. The summed E-state index contributed by atoms with van der Waals surface area (Å²) >= 11 is 0. The van der Waals surface area contributed by atoms with Gasteiger partial charge in [-0.15, -0.1) is 0 Å². The summed E-state index contributed by atoms with van der Waals surface area (Å²) in [5.74, 6) is 0.273. The molecule has 2 rings (SSSR count). The Balaban J connectivity index is 2.10. The molecular weight excluding hydrogens is 264 g/mol. The van der Waals surface area contributed by atoms with E-state index in [1.165, 1.54) is 0 Å². The van der Waals surface area contributed by atoms with E-state index >= 15 is 0 Å². The van der Waals surface area contributed by atoms with Crippen LogP contribution < -0.4 is 0 Å². The highest BCUT2D eigenvalue weighted by Crippen LogP contribution is 2.30. The van der Waals surface area contributed by atoms with E-state index in [-0.39, 0.29) is 17.8 Å². The lowest BCUT2D eigenvalue weighted by Gasteiger charge is -2.35. The summed E-state index contributed by atoms with van der Waals surface area (Å²) in [4.78, 5) is 0. The maximum Gasteiger partial charge on any atom is 0.0694 e. The molecule has 3 nitrogen and oxygen atoms in total. The van der Waals surface area contributed by atoms with Gasteiger partial charge in [-0.05, 0) is 5.56 Å². The first-order valence-corrected chi connectivity index (χ1v) is 7.33. The van der Waals surface area contributed by atoms with Crippen molar-refractivity contribution in [1.29, 1.82) is 0 Å². The quantitative estimate of drug-likeness (QED) is 0.818. The summed E-state index contributed by atoms with van der Waals surface area (Å²) in [7, 11) is 3.36. The van der Waals surface area contributed by atoms with Crippen LogP contribution in [0.2, 0.25) is 0 Å². The van der Waals surface area contributed by atoms with Crippen molar-refractivity contribution in [3.05, 3.63) is 54.1 Å². The summed E-state index contributed by atoms with van der Waals surface area (Å²) in [6.45, 7) is 1.14. The highest BCUT2D eigenvalue weighted by molar-refractivity contribution is 5.49. The number of aliphatic hydroxyl groups is 1. The van der Waals surface area contributed by atoms with E-state index in [1.54, 1.807) is 14.2 Å². The van der Waals surface area contributed by atoms with Crippen LogP contribution in [0.3, 0.4) is 0 Å². The highest BCUT2D eigenvalue weighted by Gasteiger charge is 2.33. The Hall–Kier alpha value is -1.42. The molecule has 1 aromatic carbocycles. The molecule has 1 N–H and O–H groups in total. The van der Waals surface area contributed by atoms with Crippen LogP contribution in [0.4, 0.5) is 0 Å². The molecule has 0 spiro atoms. The van der Waals surface area contributed by atoms with Gasteiger partial charge in [0.25, 0.3) is 0 Å². The summed E-state index contributed by atoms with van der Waals surface area (Å²) in [6, 6.07) is 10.1. The lowest BCUT2D eigenvalue weighted by molar-refractivity contribution is -0.0111. The van der Waals surface area contributed by atoms with Crippen molar-refractivity contribution in [2.75, 3.05) is 27.4 Å². The standard InChI is InChI=1S/C18H24O3/c1-20-12-16-11-10-15(18(19)17(16)13-21-2)9-8-14-6-4-3-5-7-14/h3-11,15-19H,12-13H2,1-2H3/b9-8+/t15-,16-,17+,18-/m0/s1. The fraction of sp³-hybridized carbons (Fsp3) is 0.444. The van der Waals surface area contributed by atoms with Crippen LogP contribution in [-0.2, 0) is 9.47 Å². The number of rotatable bonds is 6. The van der Waals surface area contributed by atoms with Crippen molar-refractivity contribution in [2.45, 2.75) is 6.10 Å². The first-order valence-electron chi connectivity index (χ1n) is 7.33. The SMILES string of the molecule is COC[C@H]1[C@@H](O)[C@@H](/C=C/c2ccccc2)C=C[C@H]1COC. The molecule has 0 amide bonds. The minimum absolute atomic E-state index is 0.0125. The third-order valence-electron chi connectivity index (χ3n) is 3.99. The van der Waals surface area contributed by atoms with Gasteiger partial charge in [0.15, 0.2) is 0 Å². The topological polar surface area (TPSA) is 38.7 Å². The molecule has 1 aliphatic rings. The molecule has 21 heavy (non-hydrogen) atoms. The van der Waals surface area contributed by atoms with Crippen molar-refractivity contribution in [3.8, 4) is 0 Å². The second kappa shape index (κ2) is 8.13. The molecular formula is C18H24O3. The van der Waals surface area contributed by atoms with Gasteiger partial charge < -0.3 is 14.6 Å². The zero-order valence-corrected chi connectivity index (χ0v) is 12.7. The smallest absolute Gasteiger partial charge is 0.0694 e. The van der Waals surface area contributed by atoms with Crippen LogP contribution in [0, 0.1) is 17.8 Å². The van der Waals surface area contributed by atoms with Gasteiger partial charge in [0.05, 0.1) is 19.3 Å². The van der Waals surface area contributed by atoms with Crippen LogP contribution in [0.1, 0.15) is 5.56 Å². The van der Waals surface area contributed by atoms with Crippen LogP contribution in [0.25, 0.3) is 6.08 Å². The highest BCUT2D eigenvalue weighted by atomic mass is 16.5. The predicted octanol–water partition coefficient (Wildman–Crippen LogP) is 2.77. The third-order valence-corrected chi connectivity index (χ3v) is 3.99. The summed E-state index contributed by atoms with van der Waals surface area (Å²) in [5.41, 5.74) is 1.14. The van der Waals surface area contributed by atoms with E-state index < -0.39 is 6.10 Å². The Morgan fingerprint density at radius 3 is 2.43 bits per heavy atom. The van der Waals surface area contributed by atoms with Crippen LogP contribution >= 0.6 is 0 Å². The third kappa shape index (κ3) is 4.27. The number of aliphatic hydroxyl groups excluding tert-OH is 1. The lowest BCUT2D eigenvalue weighted by atomic mass is 9.77. The number of ether oxygens (including phenoxy) is 2. The summed E-state index contributed by atoms with van der Waals surface area (Å²) in [6.07, 6.45) is 7.87. The zero-order chi connectivity index (χ0) is 15.1. The van der Waals surface area contributed by atoms with E-state index in [1.807, 2.05) is 18.2 Å². The number of hydrogen-bond donors (Lipinski definition) is 1. The van der Waals surface area contributed by atoms with Gasteiger partial charge in [0.1, 0.15) is 0 Å². The second-order valence-electron chi connectivity index (χ2n) is 5.46. The fourth-order valence-electron chi connectivity index (χ4n) is 2.82. The van der Waals surface area contributed by atoms with Gasteiger partial charge in [-0.25, -0.2) is 0 Å². The van der Waals surface area contributed by atoms with Gasteiger partial charge in [0, 0.05) is 32.0 Å². The molecule has 0 saturated carbocycles. The summed E-state index contributed by atoms with van der Waals surface area (Å²) in [5, 5.41) is 10.6. The Morgan fingerprint density at radius 1 is 1.05 bits per heavy atom. The normalized spacial score (nSPS) is 29.1. The lowest BCUT2D eigenvalue weighted by Crippen LogP contribution is -2.39.